The number of hydrogen-bond acceptors (Lipinski definition) is 5. The Bertz CT molecular complexity index is 908. The molecule has 0 N–H and O–H groups in total. The number of anilines is 1. The minimum atomic E-state index is -0.00240. The molecule has 0 amide bonds. The van der Waals surface area contributed by atoms with Gasteiger partial charge in [0.2, 0.25) is 0 Å². The van der Waals surface area contributed by atoms with Crippen LogP contribution in [0.5, 0.6) is 5.75 Å². The quantitative estimate of drug-likeness (QED) is 0.410. The molecule has 1 heterocycles. The number of para-hydroxylation sites is 1. The summed E-state index contributed by atoms with van der Waals surface area (Å²) >= 11 is 0. The Labute approximate surface area is 177 Å². The summed E-state index contributed by atoms with van der Waals surface area (Å²) in [5, 5.41) is 6.74. The fraction of sp³-hybridized carbons (Fsp3) is 0.240. The molecule has 1 atom stereocenters. The topological polar surface area (TPSA) is 43.3 Å². The van der Waals surface area contributed by atoms with Crippen molar-refractivity contribution in [3.63, 3.8) is 0 Å². The summed E-state index contributed by atoms with van der Waals surface area (Å²) in [5.74, 6) is 0.811. The van der Waals surface area contributed by atoms with Gasteiger partial charge < -0.3 is 14.2 Å². The van der Waals surface area contributed by atoms with Crippen LogP contribution in [0.3, 0.4) is 0 Å². The molecule has 0 aliphatic carbocycles. The first-order chi connectivity index (χ1) is 14.9. The zero-order valence-corrected chi connectivity index (χ0v) is 16.9. The zero-order valence-electron chi connectivity index (χ0n) is 16.9. The van der Waals surface area contributed by atoms with Crippen LogP contribution in [0, 0.1) is 0 Å². The van der Waals surface area contributed by atoms with Crippen molar-refractivity contribution in [1.82, 2.24) is 0 Å². The molecule has 5 nitrogen and oxygen atoms in total. The van der Waals surface area contributed by atoms with Gasteiger partial charge in [-0.3, -0.25) is 5.01 Å². The van der Waals surface area contributed by atoms with Crippen molar-refractivity contribution in [2.24, 2.45) is 5.10 Å². The van der Waals surface area contributed by atoms with E-state index in [1.54, 1.807) is 0 Å². The third-order valence-corrected chi connectivity index (χ3v) is 4.78. The third-order valence-electron chi connectivity index (χ3n) is 4.78. The lowest BCUT2D eigenvalue weighted by molar-refractivity contribution is -0.101. The average Bonchev–Trinajstić information content (AvgIpc) is 2.83. The first kappa shape index (κ1) is 20.1. The van der Waals surface area contributed by atoms with E-state index in [0.717, 1.165) is 17.0 Å². The molecule has 154 valence electrons. The van der Waals surface area contributed by atoms with Crippen molar-refractivity contribution in [2.45, 2.75) is 12.6 Å². The average molecular weight is 402 g/mol. The molecule has 5 heteroatoms. The molecule has 1 aliphatic heterocycles. The predicted molar refractivity (Wildman–Crippen MR) is 119 cm³/mol. The second kappa shape index (κ2) is 10.6. The molecule has 1 saturated heterocycles. The van der Waals surface area contributed by atoms with Crippen molar-refractivity contribution in [3.05, 3.63) is 96.1 Å². The van der Waals surface area contributed by atoms with Gasteiger partial charge in [0.15, 0.2) is 0 Å². The minimum absolute atomic E-state index is 0.00240. The van der Waals surface area contributed by atoms with Gasteiger partial charge in [0.1, 0.15) is 18.5 Å². The van der Waals surface area contributed by atoms with E-state index in [2.05, 4.69) is 24.3 Å². The highest BCUT2D eigenvalue weighted by Crippen LogP contribution is 2.18. The van der Waals surface area contributed by atoms with E-state index in [1.807, 2.05) is 71.9 Å². The third kappa shape index (κ3) is 5.92. The Kier molecular flexibility index (Phi) is 7.10. The largest absolute Gasteiger partial charge is 0.491 e. The van der Waals surface area contributed by atoms with E-state index < -0.39 is 0 Å². The van der Waals surface area contributed by atoms with Gasteiger partial charge in [0.25, 0.3) is 0 Å². The van der Waals surface area contributed by atoms with Gasteiger partial charge in [-0.15, -0.1) is 0 Å². The number of nitrogens with zero attached hydrogens (tertiary/aromatic N) is 2. The molecule has 4 rings (SSSR count). The summed E-state index contributed by atoms with van der Waals surface area (Å²) in [4.78, 5) is 0. The van der Waals surface area contributed by atoms with Gasteiger partial charge in [-0.1, -0.05) is 48.5 Å². The number of rotatable bonds is 8. The smallest absolute Gasteiger partial charge is 0.119 e. The lowest BCUT2D eigenvalue weighted by Gasteiger charge is -2.22. The maximum atomic E-state index is 5.81. The molecule has 3 aromatic carbocycles. The van der Waals surface area contributed by atoms with Gasteiger partial charge in [0.05, 0.1) is 38.3 Å². The summed E-state index contributed by atoms with van der Waals surface area (Å²) in [6, 6.07) is 28.4. The Balaban J connectivity index is 1.40. The van der Waals surface area contributed by atoms with Crippen LogP contribution in [0.2, 0.25) is 0 Å². The zero-order chi connectivity index (χ0) is 20.4. The molecule has 0 radical (unpaired) electrons. The van der Waals surface area contributed by atoms with Crippen LogP contribution < -0.4 is 9.75 Å². The normalized spacial score (nSPS) is 16.5. The van der Waals surface area contributed by atoms with Crippen molar-refractivity contribution < 1.29 is 14.2 Å². The van der Waals surface area contributed by atoms with Crippen LogP contribution >= 0.6 is 0 Å². The lowest BCUT2D eigenvalue weighted by atomic mass is 10.2. The second-order valence-electron chi connectivity index (χ2n) is 7.07. The predicted octanol–water partition coefficient (Wildman–Crippen LogP) is 4.52. The van der Waals surface area contributed by atoms with E-state index in [1.165, 1.54) is 5.56 Å². The number of benzene rings is 3. The van der Waals surface area contributed by atoms with Gasteiger partial charge in [-0.2, -0.15) is 5.10 Å². The number of hydrazone groups is 1. The molecule has 1 aliphatic rings. The van der Waals surface area contributed by atoms with Gasteiger partial charge in [-0.05, 0) is 47.5 Å². The minimum Gasteiger partial charge on any atom is -0.491 e. The summed E-state index contributed by atoms with van der Waals surface area (Å²) in [6.07, 6.45) is 1.87. The SMILES string of the molecule is C(=N/N(Cc1ccccc1)c1ccccc1)/c1ccc(OC[C@@H]2COCCO2)cc1. The Morgan fingerprint density at radius 3 is 2.33 bits per heavy atom. The maximum Gasteiger partial charge on any atom is 0.119 e. The van der Waals surface area contributed by atoms with Crippen LogP contribution in [0.1, 0.15) is 11.1 Å². The van der Waals surface area contributed by atoms with Crippen molar-refractivity contribution in [3.8, 4) is 5.75 Å². The Morgan fingerprint density at radius 1 is 0.900 bits per heavy atom. The molecule has 0 unspecified atom stereocenters. The summed E-state index contributed by atoms with van der Waals surface area (Å²) in [5.41, 5.74) is 3.26. The fourth-order valence-corrected chi connectivity index (χ4v) is 3.16. The van der Waals surface area contributed by atoms with E-state index in [4.69, 9.17) is 19.3 Å². The molecule has 1 fully saturated rings. The number of hydrogen-bond donors (Lipinski definition) is 0. The molecule has 0 spiro atoms. The highest BCUT2D eigenvalue weighted by Gasteiger charge is 2.14. The highest BCUT2D eigenvalue weighted by molar-refractivity contribution is 5.80. The fourth-order valence-electron chi connectivity index (χ4n) is 3.16. The first-order valence-corrected chi connectivity index (χ1v) is 10.2. The van der Waals surface area contributed by atoms with Crippen LogP contribution in [0.4, 0.5) is 5.69 Å². The van der Waals surface area contributed by atoms with Gasteiger partial charge in [0, 0.05) is 0 Å². The van der Waals surface area contributed by atoms with E-state index in [-0.39, 0.29) is 6.10 Å². The van der Waals surface area contributed by atoms with E-state index in [0.29, 0.717) is 33.0 Å². The molecular formula is C25H26N2O3. The van der Waals surface area contributed by atoms with E-state index >= 15 is 0 Å². The van der Waals surface area contributed by atoms with Crippen molar-refractivity contribution >= 4 is 11.9 Å². The molecular weight excluding hydrogens is 376 g/mol. The first-order valence-electron chi connectivity index (χ1n) is 10.2. The van der Waals surface area contributed by atoms with Gasteiger partial charge in [-0.25, -0.2) is 0 Å². The standard InChI is InChI=1S/C25H26N2O3/c1-3-7-22(8-4-1)18-27(23-9-5-2-6-10-23)26-17-21-11-13-24(14-12-21)30-20-25-19-28-15-16-29-25/h1-14,17,25H,15-16,18-20H2/b26-17-/t25-/m0/s1. The van der Waals surface area contributed by atoms with E-state index in [9.17, 15) is 0 Å². The van der Waals surface area contributed by atoms with Crippen molar-refractivity contribution in [1.29, 1.82) is 0 Å². The molecule has 30 heavy (non-hydrogen) atoms. The highest BCUT2D eigenvalue weighted by atomic mass is 16.6. The number of ether oxygens (including phenoxy) is 3. The van der Waals surface area contributed by atoms with Crippen LogP contribution in [0.15, 0.2) is 90.0 Å². The Hall–Kier alpha value is -3.15. The monoisotopic (exact) mass is 402 g/mol. The van der Waals surface area contributed by atoms with Crippen LogP contribution in [-0.2, 0) is 16.0 Å². The summed E-state index contributed by atoms with van der Waals surface area (Å²) < 4.78 is 16.8. The van der Waals surface area contributed by atoms with Gasteiger partial charge >= 0.3 is 0 Å². The summed E-state index contributed by atoms with van der Waals surface area (Å²) in [6.45, 7) is 3.07. The molecule has 0 aromatic heterocycles. The molecule has 3 aromatic rings. The Morgan fingerprint density at radius 2 is 1.63 bits per heavy atom. The lowest BCUT2D eigenvalue weighted by Crippen LogP contribution is -2.33. The maximum absolute atomic E-state index is 5.81. The van der Waals surface area contributed by atoms with Crippen molar-refractivity contribution in [2.75, 3.05) is 31.4 Å². The summed E-state index contributed by atoms with van der Waals surface area (Å²) in [7, 11) is 0. The van der Waals surface area contributed by atoms with Crippen LogP contribution in [0.25, 0.3) is 0 Å². The molecule has 0 bridgehead atoms. The van der Waals surface area contributed by atoms with Crippen LogP contribution in [-0.4, -0.2) is 38.7 Å². The molecule has 0 saturated carbocycles. The second-order valence-corrected chi connectivity index (χ2v) is 7.07.